The van der Waals surface area contributed by atoms with Crippen LogP contribution in [-0.4, -0.2) is 38.6 Å². The molecule has 6 nitrogen and oxygen atoms in total. The van der Waals surface area contributed by atoms with Crippen molar-refractivity contribution in [3.63, 3.8) is 0 Å². The number of rotatable bonds is 5. The lowest BCUT2D eigenvalue weighted by Crippen LogP contribution is -2.46. The molecular formula is C18H18N4O2S. The number of aromatic nitrogens is 3. The molecule has 0 amide bonds. The summed E-state index contributed by atoms with van der Waals surface area (Å²) < 4.78 is 0. The smallest absolute Gasteiger partial charge is 0.303 e. The average molecular weight is 354 g/mol. The maximum Gasteiger partial charge on any atom is 0.303 e. The third-order valence-electron chi connectivity index (χ3n) is 4.59. The highest BCUT2D eigenvalue weighted by Gasteiger charge is 2.27. The second-order valence-corrected chi connectivity index (χ2v) is 7.21. The van der Waals surface area contributed by atoms with Gasteiger partial charge in [0.1, 0.15) is 4.83 Å². The maximum atomic E-state index is 10.8. The molecule has 0 saturated carbocycles. The van der Waals surface area contributed by atoms with Gasteiger partial charge in [0.2, 0.25) is 5.95 Å². The molecule has 3 aromatic heterocycles. The molecular weight excluding hydrogens is 336 g/mol. The van der Waals surface area contributed by atoms with Gasteiger partial charge < -0.3 is 10.0 Å². The van der Waals surface area contributed by atoms with Gasteiger partial charge in [-0.3, -0.25) is 9.78 Å². The fourth-order valence-corrected chi connectivity index (χ4v) is 3.77. The fraction of sp³-hybridized carbons (Fsp3) is 0.333. The number of carboxylic acids is 1. The van der Waals surface area contributed by atoms with E-state index >= 15 is 0 Å². The number of hydrogen-bond acceptors (Lipinski definition) is 6. The molecule has 1 aliphatic rings. The Hall–Kier alpha value is -2.54. The predicted molar refractivity (Wildman–Crippen MR) is 98.0 cm³/mol. The lowest BCUT2D eigenvalue weighted by Gasteiger charge is -2.38. The summed E-state index contributed by atoms with van der Waals surface area (Å²) >= 11 is 1.61. The van der Waals surface area contributed by atoms with Gasteiger partial charge in [-0.05, 0) is 42.8 Å². The average Bonchev–Trinajstić information content (AvgIpc) is 3.06. The molecule has 4 heterocycles. The van der Waals surface area contributed by atoms with Gasteiger partial charge in [0, 0.05) is 42.4 Å². The van der Waals surface area contributed by atoms with Crippen molar-refractivity contribution < 1.29 is 9.90 Å². The van der Waals surface area contributed by atoms with Gasteiger partial charge in [0.15, 0.2) is 0 Å². The summed E-state index contributed by atoms with van der Waals surface area (Å²) in [6.07, 6.45) is 5.22. The Morgan fingerprint density at radius 2 is 2.28 bits per heavy atom. The van der Waals surface area contributed by atoms with E-state index in [1.54, 1.807) is 23.7 Å². The van der Waals surface area contributed by atoms with Crippen LogP contribution < -0.4 is 4.90 Å². The van der Waals surface area contributed by atoms with Crippen molar-refractivity contribution in [2.24, 2.45) is 0 Å². The van der Waals surface area contributed by atoms with Gasteiger partial charge >= 0.3 is 5.97 Å². The lowest BCUT2D eigenvalue weighted by atomic mass is 10.1. The minimum Gasteiger partial charge on any atom is -0.481 e. The van der Waals surface area contributed by atoms with Crippen LogP contribution in [0.4, 0.5) is 5.95 Å². The highest BCUT2D eigenvalue weighted by atomic mass is 32.1. The van der Waals surface area contributed by atoms with Gasteiger partial charge in [-0.15, -0.1) is 11.3 Å². The quantitative estimate of drug-likeness (QED) is 0.757. The molecule has 128 valence electrons. The number of hydrogen-bond donors (Lipinski definition) is 1. The monoisotopic (exact) mass is 354 g/mol. The standard InChI is InChI=1S/C18H18N4O2S/c1-11-4-6-22(11)18-20-16(14-5-7-25-17(14)21-18)13-8-12(9-19-10-13)2-3-15(23)24/h5,7-11H,2-4,6H2,1H3,(H,23,24)/t11-/m0/s1. The van der Waals surface area contributed by atoms with Gasteiger partial charge in [0.25, 0.3) is 0 Å². The lowest BCUT2D eigenvalue weighted by molar-refractivity contribution is -0.136. The zero-order valence-electron chi connectivity index (χ0n) is 13.8. The summed E-state index contributed by atoms with van der Waals surface area (Å²) in [6.45, 7) is 3.16. The summed E-state index contributed by atoms with van der Waals surface area (Å²) in [4.78, 5) is 27.8. The molecule has 1 N–H and O–H groups in total. The number of nitrogens with zero attached hydrogens (tertiary/aromatic N) is 4. The van der Waals surface area contributed by atoms with E-state index in [2.05, 4.69) is 16.8 Å². The van der Waals surface area contributed by atoms with Gasteiger partial charge in [-0.2, -0.15) is 0 Å². The maximum absolute atomic E-state index is 10.8. The molecule has 0 spiro atoms. The Morgan fingerprint density at radius 3 is 3.00 bits per heavy atom. The Kier molecular flexibility index (Phi) is 4.09. The molecule has 25 heavy (non-hydrogen) atoms. The first kappa shape index (κ1) is 16.0. The van der Waals surface area contributed by atoms with Crippen molar-refractivity contribution in [2.45, 2.75) is 32.2 Å². The van der Waals surface area contributed by atoms with Crippen LogP contribution in [0.1, 0.15) is 25.3 Å². The molecule has 4 rings (SSSR count). The van der Waals surface area contributed by atoms with Crippen LogP contribution in [0.5, 0.6) is 0 Å². The molecule has 1 aliphatic heterocycles. The molecule has 0 bridgehead atoms. The third kappa shape index (κ3) is 3.07. The second-order valence-electron chi connectivity index (χ2n) is 6.32. The first-order valence-corrected chi connectivity index (χ1v) is 9.18. The van der Waals surface area contributed by atoms with Crippen LogP contribution in [-0.2, 0) is 11.2 Å². The minimum absolute atomic E-state index is 0.0965. The van der Waals surface area contributed by atoms with Gasteiger partial charge in [0.05, 0.1) is 5.69 Å². The largest absolute Gasteiger partial charge is 0.481 e. The van der Waals surface area contributed by atoms with Gasteiger partial charge in [-0.25, -0.2) is 9.97 Å². The number of fused-ring (bicyclic) bond motifs is 1. The number of carboxylic acid groups (broad SMARTS) is 1. The molecule has 0 aromatic carbocycles. The van der Waals surface area contributed by atoms with Crippen molar-refractivity contribution in [1.82, 2.24) is 15.0 Å². The summed E-state index contributed by atoms with van der Waals surface area (Å²) in [5, 5.41) is 11.9. The summed E-state index contributed by atoms with van der Waals surface area (Å²) in [7, 11) is 0. The van der Waals surface area contributed by atoms with Gasteiger partial charge in [-0.1, -0.05) is 0 Å². The highest BCUT2D eigenvalue weighted by Crippen LogP contribution is 2.33. The van der Waals surface area contributed by atoms with E-state index in [1.807, 2.05) is 17.5 Å². The van der Waals surface area contributed by atoms with Crippen LogP contribution in [0.15, 0.2) is 29.9 Å². The number of anilines is 1. The second kappa shape index (κ2) is 6.40. The molecule has 0 radical (unpaired) electrons. The van der Waals surface area contributed by atoms with Crippen molar-refractivity contribution in [3.8, 4) is 11.3 Å². The van der Waals surface area contributed by atoms with Crippen LogP contribution in [0.25, 0.3) is 21.5 Å². The number of pyridine rings is 1. The van der Waals surface area contributed by atoms with Crippen molar-refractivity contribution in [1.29, 1.82) is 0 Å². The summed E-state index contributed by atoms with van der Waals surface area (Å²) in [5.74, 6) is -0.0404. The Morgan fingerprint density at radius 1 is 1.40 bits per heavy atom. The normalized spacial score (nSPS) is 16.8. The molecule has 1 saturated heterocycles. The van der Waals surface area contributed by atoms with E-state index in [-0.39, 0.29) is 6.42 Å². The van der Waals surface area contributed by atoms with E-state index in [1.165, 1.54) is 0 Å². The fourth-order valence-electron chi connectivity index (χ4n) is 3.01. The highest BCUT2D eigenvalue weighted by molar-refractivity contribution is 7.16. The molecule has 0 aliphatic carbocycles. The number of carbonyl (C=O) groups is 1. The van der Waals surface area contributed by atoms with E-state index in [0.717, 1.165) is 46.0 Å². The SMILES string of the molecule is C[C@H]1CCN1c1nc(-c2cncc(CCC(=O)O)c2)c2ccsc2n1. The number of thiophene rings is 1. The van der Waals surface area contributed by atoms with E-state index in [9.17, 15) is 4.79 Å². The zero-order valence-corrected chi connectivity index (χ0v) is 14.7. The van der Waals surface area contributed by atoms with E-state index in [0.29, 0.717) is 12.5 Å². The summed E-state index contributed by atoms with van der Waals surface area (Å²) in [6, 6.07) is 4.48. The first-order valence-electron chi connectivity index (χ1n) is 8.30. The van der Waals surface area contributed by atoms with Crippen molar-refractivity contribution >= 4 is 33.5 Å². The van der Waals surface area contributed by atoms with E-state index in [4.69, 9.17) is 15.1 Å². The summed E-state index contributed by atoms with van der Waals surface area (Å²) in [5.41, 5.74) is 2.67. The molecule has 1 atom stereocenters. The van der Waals surface area contributed by atoms with Crippen LogP contribution >= 0.6 is 11.3 Å². The van der Waals surface area contributed by atoms with Crippen molar-refractivity contribution in [2.75, 3.05) is 11.4 Å². The van der Waals surface area contributed by atoms with Crippen molar-refractivity contribution in [3.05, 3.63) is 35.5 Å². The van der Waals surface area contributed by atoms with Crippen LogP contribution in [0.2, 0.25) is 0 Å². The topological polar surface area (TPSA) is 79.2 Å². The number of aryl methyl sites for hydroxylation is 1. The predicted octanol–water partition coefficient (Wildman–Crippen LogP) is 3.37. The van der Waals surface area contributed by atoms with E-state index < -0.39 is 5.97 Å². The third-order valence-corrected chi connectivity index (χ3v) is 5.39. The Bertz CT molecular complexity index is 940. The first-order chi connectivity index (χ1) is 12.1. The van der Waals surface area contributed by atoms with Crippen LogP contribution in [0.3, 0.4) is 0 Å². The Labute approximate surface area is 149 Å². The molecule has 3 aromatic rings. The molecule has 1 fully saturated rings. The van der Waals surface area contributed by atoms with Crippen LogP contribution in [0, 0.1) is 0 Å². The Balaban J connectivity index is 1.76. The zero-order chi connectivity index (χ0) is 17.4. The molecule has 7 heteroatoms. The number of aliphatic carboxylic acids is 1. The minimum atomic E-state index is -0.804. The molecule has 0 unspecified atom stereocenters.